The van der Waals surface area contributed by atoms with Gasteiger partial charge in [0.1, 0.15) is 5.82 Å². The van der Waals surface area contributed by atoms with Crippen LogP contribution in [0.1, 0.15) is 22.3 Å². The molecule has 3 heterocycles. The zero-order chi connectivity index (χ0) is 19.8. The van der Waals surface area contributed by atoms with Crippen molar-refractivity contribution >= 4 is 29.2 Å². The van der Waals surface area contributed by atoms with Crippen LogP contribution in [0, 0.1) is 6.92 Å². The van der Waals surface area contributed by atoms with E-state index >= 15 is 0 Å². The summed E-state index contributed by atoms with van der Waals surface area (Å²) in [7, 11) is 1.94. The summed E-state index contributed by atoms with van der Waals surface area (Å²) in [5.41, 5.74) is 7.02. The first-order valence-electron chi connectivity index (χ1n) is 9.96. The molecule has 29 heavy (non-hydrogen) atoms. The largest absolute Gasteiger partial charge is 0.347 e. The molecule has 7 nitrogen and oxygen atoms in total. The third-order valence-electron chi connectivity index (χ3n) is 5.50. The van der Waals surface area contributed by atoms with Crippen LogP contribution in [0.4, 0.5) is 23.0 Å². The zero-order valence-electron chi connectivity index (χ0n) is 16.7. The number of benzene rings is 2. The predicted molar refractivity (Wildman–Crippen MR) is 118 cm³/mol. The molecular formula is C22H25N7. The molecule has 3 aromatic rings. The Bertz CT molecular complexity index is 1080. The highest BCUT2D eigenvalue weighted by atomic mass is 15.4. The first-order chi connectivity index (χ1) is 14.2. The third kappa shape index (κ3) is 3.45. The summed E-state index contributed by atoms with van der Waals surface area (Å²) in [6, 6.07) is 14.7. The van der Waals surface area contributed by atoms with E-state index in [0.717, 1.165) is 48.1 Å². The van der Waals surface area contributed by atoms with Crippen molar-refractivity contribution < 1.29 is 0 Å². The second kappa shape index (κ2) is 7.25. The van der Waals surface area contributed by atoms with Gasteiger partial charge in [-0.3, -0.25) is 4.68 Å². The van der Waals surface area contributed by atoms with Gasteiger partial charge in [0.25, 0.3) is 0 Å². The van der Waals surface area contributed by atoms with Crippen molar-refractivity contribution in [1.29, 1.82) is 0 Å². The monoisotopic (exact) mass is 387 g/mol. The third-order valence-corrected chi connectivity index (χ3v) is 5.50. The topological polar surface area (TPSA) is 78.3 Å². The highest BCUT2D eigenvalue weighted by Gasteiger charge is 2.22. The van der Waals surface area contributed by atoms with Crippen molar-refractivity contribution in [2.75, 3.05) is 22.5 Å². The van der Waals surface area contributed by atoms with Crippen LogP contribution in [0.3, 0.4) is 0 Å². The molecule has 2 aliphatic heterocycles. The number of para-hydroxylation sites is 1. The van der Waals surface area contributed by atoms with Crippen molar-refractivity contribution in [3.8, 4) is 0 Å². The number of nitrogens with zero attached hydrogens (tertiary/aromatic N) is 3. The number of fused-ring (bicyclic) bond motifs is 2. The summed E-state index contributed by atoms with van der Waals surface area (Å²) < 4.78 is 1.85. The fourth-order valence-electron chi connectivity index (χ4n) is 3.88. The average Bonchev–Trinajstić information content (AvgIpc) is 3.04. The maximum Gasteiger partial charge on any atom is 0.195 e. The van der Waals surface area contributed by atoms with Gasteiger partial charge in [-0.25, -0.2) is 4.99 Å². The van der Waals surface area contributed by atoms with E-state index in [0.29, 0.717) is 0 Å². The Morgan fingerprint density at radius 1 is 1.14 bits per heavy atom. The molecule has 4 N–H and O–H groups in total. The lowest BCUT2D eigenvalue weighted by atomic mass is 10.0. The summed E-state index contributed by atoms with van der Waals surface area (Å²) in [4.78, 5) is 4.66. The maximum absolute atomic E-state index is 4.66. The molecule has 0 fully saturated rings. The van der Waals surface area contributed by atoms with Crippen LogP contribution in [0.5, 0.6) is 0 Å². The molecule has 0 saturated carbocycles. The van der Waals surface area contributed by atoms with Crippen LogP contribution in [-0.2, 0) is 20.0 Å². The van der Waals surface area contributed by atoms with Gasteiger partial charge in [-0.1, -0.05) is 24.3 Å². The van der Waals surface area contributed by atoms with E-state index in [4.69, 9.17) is 0 Å². The first-order valence-corrected chi connectivity index (χ1v) is 9.96. The van der Waals surface area contributed by atoms with Gasteiger partial charge in [-0.2, -0.15) is 5.10 Å². The van der Waals surface area contributed by atoms with E-state index < -0.39 is 0 Å². The molecule has 0 spiro atoms. The molecule has 148 valence electrons. The minimum atomic E-state index is -0.237. The smallest absolute Gasteiger partial charge is 0.195 e. The average molecular weight is 387 g/mol. The highest BCUT2D eigenvalue weighted by molar-refractivity contribution is 5.95. The molecule has 1 atom stereocenters. The lowest BCUT2D eigenvalue weighted by Gasteiger charge is -2.24. The Morgan fingerprint density at radius 3 is 2.93 bits per heavy atom. The number of aliphatic imine (C=N–C) groups is 1. The van der Waals surface area contributed by atoms with Gasteiger partial charge in [-0.15, -0.1) is 0 Å². The van der Waals surface area contributed by atoms with Gasteiger partial charge in [0, 0.05) is 31.2 Å². The summed E-state index contributed by atoms with van der Waals surface area (Å²) in [6.45, 7) is 4.06. The van der Waals surface area contributed by atoms with Crippen molar-refractivity contribution in [1.82, 2.24) is 15.1 Å². The van der Waals surface area contributed by atoms with Gasteiger partial charge in [0.05, 0.1) is 5.56 Å². The SMILES string of the molecule is Cc1ccccc1Nc1nn(C)c2c1C=NC(Nc1ccc3c(c1)CNCC3)N2. The number of hydrogen-bond donors (Lipinski definition) is 4. The summed E-state index contributed by atoms with van der Waals surface area (Å²) in [5.74, 6) is 1.74. The van der Waals surface area contributed by atoms with E-state index in [1.165, 1.54) is 16.7 Å². The van der Waals surface area contributed by atoms with E-state index in [2.05, 4.69) is 68.6 Å². The molecule has 0 radical (unpaired) electrons. The maximum atomic E-state index is 4.66. The second-order valence-corrected chi connectivity index (χ2v) is 7.55. The molecule has 1 unspecified atom stereocenters. The second-order valence-electron chi connectivity index (χ2n) is 7.55. The minimum Gasteiger partial charge on any atom is -0.347 e. The van der Waals surface area contributed by atoms with E-state index in [9.17, 15) is 0 Å². The van der Waals surface area contributed by atoms with Gasteiger partial charge < -0.3 is 21.3 Å². The van der Waals surface area contributed by atoms with Crippen LogP contribution in [-0.4, -0.2) is 28.8 Å². The number of aromatic nitrogens is 2. The summed E-state index contributed by atoms with van der Waals surface area (Å²) in [5, 5.41) is 18.4. The molecule has 0 aliphatic carbocycles. The Hall–Kier alpha value is -3.32. The van der Waals surface area contributed by atoms with Gasteiger partial charge in [0.2, 0.25) is 0 Å². The minimum absolute atomic E-state index is 0.237. The Labute approximate surface area is 170 Å². The highest BCUT2D eigenvalue weighted by Crippen LogP contribution is 2.29. The lowest BCUT2D eigenvalue weighted by Crippen LogP contribution is -2.31. The van der Waals surface area contributed by atoms with E-state index in [1.807, 2.05) is 30.1 Å². The normalized spacial score (nSPS) is 17.2. The number of aryl methyl sites for hydroxylation is 2. The van der Waals surface area contributed by atoms with Crippen LogP contribution >= 0.6 is 0 Å². The molecule has 1 aromatic heterocycles. The molecule has 0 bridgehead atoms. The van der Waals surface area contributed by atoms with Crippen LogP contribution < -0.4 is 21.3 Å². The number of rotatable bonds is 4. The molecular weight excluding hydrogens is 362 g/mol. The van der Waals surface area contributed by atoms with Crippen LogP contribution in [0.2, 0.25) is 0 Å². The molecule has 0 amide bonds. The van der Waals surface area contributed by atoms with Crippen molar-refractivity contribution in [3.63, 3.8) is 0 Å². The molecule has 5 rings (SSSR count). The number of anilines is 4. The van der Waals surface area contributed by atoms with Gasteiger partial charge in [-0.05, 0) is 54.8 Å². The van der Waals surface area contributed by atoms with Crippen molar-refractivity contribution in [2.45, 2.75) is 26.2 Å². The lowest BCUT2D eigenvalue weighted by molar-refractivity contribution is 0.644. The molecule has 0 saturated heterocycles. The van der Waals surface area contributed by atoms with Gasteiger partial charge >= 0.3 is 0 Å². The molecule has 2 aromatic carbocycles. The zero-order valence-corrected chi connectivity index (χ0v) is 16.7. The first kappa shape index (κ1) is 17.8. The number of hydrogen-bond acceptors (Lipinski definition) is 6. The predicted octanol–water partition coefficient (Wildman–Crippen LogP) is 3.36. The number of nitrogens with one attached hydrogen (secondary N) is 4. The summed E-state index contributed by atoms with van der Waals surface area (Å²) >= 11 is 0. The van der Waals surface area contributed by atoms with Crippen molar-refractivity contribution in [3.05, 3.63) is 64.7 Å². The Balaban J connectivity index is 1.35. The van der Waals surface area contributed by atoms with E-state index in [-0.39, 0.29) is 6.29 Å². The fourth-order valence-corrected chi connectivity index (χ4v) is 3.88. The van der Waals surface area contributed by atoms with Crippen molar-refractivity contribution in [2.24, 2.45) is 12.0 Å². The van der Waals surface area contributed by atoms with Crippen LogP contribution in [0.25, 0.3) is 0 Å². The quantitative estimate of drug-likeness (QED) is 0.552. The van der Waals surface area contributed by atoms with E-state index in [1.54, 1.807) is 0 Å². The Morgan fingerprint density at radius 2 is 2.03 bits per heavy atom. The standard InChI is InChI=1S/C22H25N7/c1-14-5-3-4-6-19(14)26-20-18-13-24-22(27-21(18)29(2)28-20)25-17-8-7-15-9-10-23-12-16(15)11-17/h3-8,11,13,22-23,25,27H,9-10,12H2,1-2H3,(H,26,28). The molecule has 2 aliphatic rings. The summed E-state index contributed by atoms with van der Waals surface area (Å²) in [6.07, 6.45) is 2.74. The molecule has 7 heteroatoms. The Kier molecular flexibility index (Phi) is 4.44. The van der Waals surface area contributed by atoms with Crippen LogP contribution in [0.15, 0.2) is 47.5 Å². The fraction of sp³-hybridized carbons (Fsp3) is 0.273. The van der Waals surface area contributed by atoms with Gasteiger partial charge in [0.15, 0.2) is 12.1 Å².